The van der Waals surface area contributed by atoms with Gasteiger partial charge in [-0.05, 0) is 68.5 Å². The Balaban J connectivity index is 2.08. The number of nitrogens with zero attached hydrogens (tertiary/aromatic N) is 2. The van der Waals surface area contributed by atoms with Gasteiger partial charge in [-0.1, -0.05) is 74.0 Å². The molecule has 39 heavy (non-hydrogen) atoms. The maximum absolute atomic E-state index is 14.1. The molecule has 0 unspecified atom stereocenters. The largest absolute Gasteiger partial charge is 0.354 e. The molecule has 8 heteroatoms. The quantitative estimate of drug-likeness (QED) is 0.339. The zero-order valence-corrected chi connectivity index (χ0v) is 24.3. The van der Waals surface area contributed by atoms with Crippen molar-refractivity contribution < 1.29 is 18.0 Å². The molecule has 3 aromatic rings. The normalized spacial score (nSPS) is 12.0. The fraction of sp³-hybridized carbons (Fsp3) is 0.355. The van der Waals surface area contributed by atoms with Crippen molar-refractivity contribution in [3.8, 4) is 0 Å². The Kier molecular flexibility index (Phi) is 10.3. The zero-order valence-electron chi connectivity index (χ0n) is 23.5. The van der Waals surface area contributed by atoms with Crippen molar-refractivity contribution in [1.29, 1.82) is 0 Å². The molecule has 0 heterocycles. The average Bonchev–Trinajstić information content (AvgIpc) is 2.92. The van der Waals surface area contributed by atoms with Gasteiger partial charge in [-0.3, -0.25) is 13.9 Å². The summed E-state index contributed by atoms with van der Waals surface area (Å²) in [6, 6.07) is 20.5. The SMILES string of the molecule is CCCNC(=O)[C@@H](CC)N(Cc1ccccc1C)C(=O)CN(c1ccc(C)cc1C)S(=O)(=O)c1ccccc1. The highest BCUT2D eigenvalue weighted by molar-refractivity contribution is 7.92. The van der Waals surface area contributed by atoms with Crippen molar-refractivity contribution in [3.05, 3.63) is 95.1 Å². The van der Waals surface area contributed by atoms with Gasteiger partial charge in [-0.25, -0.2) is 8.42 Å². The maximum atomic E-state index is 14.1. The molecule has 0 saturated carbocycles. The Morgan fingerprint density at radius 1 is 0.872 bits per heavy atom. The number of rotatable bonds is 12. The van der Waals surface area contributed by atoms with Crippen LogP contribution in [0.5, 0.6) is 0 Å². The third-order valence-electron chi connectivity index (χ3n) is 6.77. The van der Waals surface area contributed by atoms with Crippen LogP contribution in [0.2, 0.25) is 0 Å². The summed E-state index contributed by atoms with van der Waals surface area (Å²) in [6.07, 6.45) is 1.16. The summed E-state index contributed by atoms with van der Waals surface area (Å²) in [4.78, 5) is 28.9. The molecule has 0 radical (unpaired) electrons. The van der Waals surface area contributed by atoms with Crippen LogP contribution >= 0.6 is 0 Å². The second-order valence-corrected chi connectivity index (χ2v) is 11.6. The molecule has 3 rings (SSSR count). The summed E-state index contributed by atoms with van der Waals surface area (Å²) < 4.78 is 29.0. The van der Waals surface area contributed by atoms with Crippen LogP contribution in [-0.4, -0.2) is 44.3 Å². The molecule has 2 amide bonds. The van der Waals surface area contributed by atoms with E-state index in [9.17, 15) is 18.0 Å². The molecule has 7 nitrogen and oxygen atoms in total. The highest BCUT2D eigenvalue weighted by Gasteiger charge is 2.34. The van der Waals surface area contributed by atoms with Crippen molar-refractivity contribution in [1.82, 2.24) is 10.2 Å². The van der Waals surface area contributed by atoms with Gasteiger partial charge in [-0.2, -0.15) is 0 Å². The lowest BCUT2D eigenvalue weighted by molar-refractivity contribution is -0.140. The van der Waals surface area contributed by atoms with Gasteiger partial charge in [0.15, 0.2) is 0 Å². The first kappa shape index (κ1) is 29.9. The van der Waals surface area contributed by atoms with E-state index in [2.05, 4.69) is 5.32 Å². The molecule has 208 valence electrons. The van der Waals surface area contributed by atoms with Gasteiger partial charge in [-0.15, -0.1) is 0 Å². The molecular formula is C31H39N3O4S. The molecular weight excluding hydrogens is 510 g/mol. The molecule has 0 aliphatic carbocycles. The molecule has 0 aliphatic rings. The van der Waals surface area contributed by atoms with Crippen molar-refractivity contribution >= 4 is 27.5 Å². The van der Waals surface area contributed by atoms with E-state index >= 15 is 0 Å². The number of nitrogens with one attached hydrogen (secondary N) is 1. The zero-order chi connectivity index (χ0) is 28.6. The lowest BCUT2D eigenvalue weighted by Crippen LogP contribution is -2.52. The summed E-state index contributed by atoms with van der Waals surface area (Å²) in [7, 11) is -4.08. The van der Waals surface area contributed by atoms with Gasteiger partial charge in [0.05, 0.1) is 10.6 Å². The second kappa shape index (κ2) is 13.4. The summed E-state index contributed by atoms with van der Waals surface area (Å²) in [5.41, 5.74) is 4.04. The van der Waals surface area contributed by atoms with Crippen molar-refractivity contribution in [3.63, 3.8) is 0 Å². The predicted molar refractivity (Wildman–Crippen MR) is 156 cm³/mol. The number of aryl methyl sites for hydroxylation is 3. The van der Waals surface area contributed by atoms with Crippen LogP contribution in [-0.2, 0) is 26.2 Å². The number of anilines is 1. The van der Waals surface area contributed by atoms with Crippen LogP contribution in [0.4, 0.5) is 5.69 Å². The van der Waals surface area contributed by atoms with Crippen LogP contribution in [0.3, 0.4) is 0 Å². The lowest BCUT2D eigenvalue weighted by Gasteiger charge is -2.34. The summed E-state index contributed by atoms with van der Waals surface area (Å²) in [6.45, 7) is 9.79. The third-order valence-corrected chi connectivity index (χ3v) is 8.54. The highest BCUT2D eigenvalue weighted by Crippen LogP contribution is 2.28. The third kappa shape index (κ3) is 7.26. The van der Waals surface area contributed by atoms with Gasteiger partial charge < -0.3 is 10.2 Å². The summed E-state index contributed by atoms with van der Waals surface area (Å²) in [5, 5.41) is 2.91. The van der Waals surface area contributed by atoms with Crippen LogP contribution in [0.1, 0.15) is 48.9 Å². The van der Waals surface area contributed by atoms with E-state index in [1.807, 2.05) is 71.0 Å². The van der Waals surface area contributed by atoms with Gasteiger partial charge >= 0.3 is 0 Å². The minimum Gasteiger partial charge on any atom is -0.354 e. The molecule has 0 saturated heterocycles. The molecule has 1 N–H and O–H groups in total. The first-order chi connectivity index (χ1) is 18.6. The molecule has 0 aromatic heterocycles. The standard InChI is InChI=1S/C31H39N3O4S/c1-6-19-32-31(36)28(7-2)33(21-26-14-12-11-13-24(26)4)30(35)22-34(29-18-17-23(3)20-25(29)5)39(37,38)27-15-9-8-10-16-27/h8-18,20,28H,6-7,19,21-22H2,1-5H3,(H,32,36)/t28-/m1/s1. The first-order valence-electron chi connectivity index (χ1n) is 13.4. The number of hydrogen-bond donors (Lipinski definition) is 1. The Hall–Kier alpha value is -3.65. The van der Waals surface area contributed by atoms with Crippen LogP contribution < -0.4 is 9.62 Å². The minimum atomic E-state index is -4.08. The van der Waals surface area contributed by atoms with E-state index in [4.69, 9.17) is 0 Å². The van der Waals surface area contributed by atoms with Gasteiger partial charge in [0.1, 0.15) is 12.6 Å². The maximum Gasteiger partial charge on any atom is 0.264 e. The number of amides is 2. The minimum absolute atomic E-state index is 0.0935. The Bertz CT molecular complexity index is 1390. The van der Waals surface area contributed by atoms with Gasteiger partial charge in [0.25, 0.3) is 10.0 Å². The fourth-order valence-corrected chi connectivity index (χ4v) is 6.07. The second-order valence-electron chi connectivity index (χ2n) is 9.78. The number of benzene rings is 3. The van der Waals surface area contributed by atoms with E-state index in [1.54, 1.807) is 24.3 Å². The van der Waals surface area contributed by atoms with E-state index in [-0.39, 0.29) is 17.3 Å². The number of sulfonamides is 1. The van der Waals surface area contributed by atoms with Crippen molar-refractivity contribution in [2.45, 2.75) is 64.9 Å². The Labute approximate surface area is 232 Å². The smallest absolute Gasteiger partial charge is 0.264 e. The Morgan fingerprint density at radius 2 is 1.54 bits per heavy atom. The van der Waals surface area contributed by atoms with Gasteiger partial charge in [0, 0.05) is 13.1 Å². The molecule has 0 aliphatic heterocycles. The monoisotopic (exact) mass is 549 g/mol. The van der Waals surface area contributed by atoms with Crippen molar-refractivity contribution in [2.24, 2.45) is 0 Å². The summed E-state index contributed by atoms with van der Waals surface area (Å²) in [5.74, 6) is -0.693. The van der Waals surface area contributed by atoms with Crippen LogP contribution in [0, 0.1) is 20.8 Å². The molecule has 0 fully saturated rings. The number of hydrogen-bond acceptors (Lipinski definition) is 4. The molecule has 0 bridgehead atoms. The first-order valence-corrected chi connectivity index (χ1v) is 14.8. The fourth-order valence-electron chi connectivity index (χ4n) is 4.57. The van der Waals surface area contributed by atoms with E-state index in [1.165, 1.54) is 21.3 Å². The number of carbonyl (C=O) groups is 2. The Morgan fingerprint density at radius 3 is 2.15 bits per heavy atom. The van der Waals surface area contributed by atoms with Gasteiger partial charge in [0.2, 0.25) is 11.8 Å². The van der Waals surface area contributed by atoms with Crippen LogP contribution in [0.15, 0.2) is 77.7 Å². The van der Waals surface area contributed by atoms with E-state index in [0.29, 0.717) is 18.7 Å². The lowest BCUT2D eigenvalue weighted by atomic mass is 10.1. The average molecular weight is 550 g/mol. The molecule has 3 aromatic carbocycles. The summed E-state index contributed by atoms with van der Waals surface area (Å²) >= 11 is 0. The molecule has 1 atom stereocenters. The van der Waals surface area contributed by atoms with E-state index in [0.717, 1.165) is 28.7 Å². The predicted octanol–water partition coefficient (Wildman–Crippen LogP) is 5.14. The highest BCUT2D eigenvalue weighted by atomic mass is 32.2. The van der Waals surface area contributed by atoms with E-state index < -0.39 is 28.5 Å². The number of carbonyl (C=O) groups excluding carboxylic acids is 2. The topological polar surface area (TPSA) is 86.8 Å². The van der Waals surface area contributed by atoms with Crippen molar-refractivity contribution in [2.75, 3.05) is 17.4 Å². The molecule has 0 spiro atoms. The van der Waals surface area contributed by atoms with Crippen LogP contribution in [0.25, 0.3) is 0 Å².